The van der Waals surface area contributed by atoms with Crippen LogP contribution in [0, 0.1) is 0 Å². The average Bonchev–Trinajstić information content (AvgIpc) is 3.21. The van der Waals surface area contributed by atoms with E-state index in [9.17, 15) is 4.79 Å². The number of carbonyl (C=O) groups excluding carboxylic acids is 1. The second kappa shape index (κ2) is 7.56. The Hall–Kier alpha value is -2.60. The average molecular weight is 365 g/mol. The predicted octanol–water partition coefficient (Wildman–Crippen LogP) is 3.12. The van der Waals surface area contributed by atoms with Crippen molar-refractivity contribution in [1.29, 1.82) is 0 Å². The van der Waals surface area contributed by atoms with Crippen LogP contribution in [0.1, 0.15) is 40.7 Å². The number of hydrogen-bond acceptors (Lipinski definition) is 3. The summed E-state index contributed by atoms with van der Waals surface area (Å²) in [5.41, 5.74) is 6.56. The van der Waals surface area contributed by atoms with Crippen molar-refractivity contribution < 1.29 is 4.79 Å². The van der Waals surface area contributed by atoms with Gasteiger partial charge in [-0.05, 0) is 82.1 Å². The molecule has 0 spiro atoms. The minimum Gasteiger partial charge on any atom is -0.353 e. The SMILES string of the molecule is CN(C)CCCCNC(=O)c1ccc2[nH]c3c(c2c1)CCCc1cn[nH]c1-3. The first-order chi connectivity index (χ1) is 13.1. The first kappa shape index (κ1) is 17.8. The Morgan fingerprint density at radius 3 is 2.96 bits per heavy atom. The van der Waals surface area contributed by atoms with Crippen molar-refractivity contribution in [3.63, 3.8) is 0 Å². The Bertz CT molecular complexity index is 953. The largest absolute Gasteiger partial charge is 0.353 e. The van der Waals surface area contributed by atoms with E-state index in [0.29, 0.717) is 6.54 Å². The Kier molecular flexibility index (Phi) is 4.99. The van der Waals surface area contributed by atoms with Crippen LogP contribution in [-0.4, -0.2) is 53.2 Å². The van der Waals surface area contributed by atoms with Gasteiger partial charge in [-0.2, -0.15) is 5.10 Å². The summed E-state index contributed by atoms with van der Waals surface area (Å²) in [6.45, 7) is 1.76. The van der Waals surface area contributed by atoms with E-state index in [0.717, 1.165) is 66.5 Å². The minimum absolute atomic E-state index is 0.00699. The van der Waals surface area contributed by atoms with Gasteiger partial charge in [0.1, 0.15) is 0 Å². The summed E-state index contributed by atoms with van der Waals surface area (Å²) in [4.78, 5) is 18.2. The second-order valence-electron chi connectivity index (χ2n) is 7.63. The molecule has 0 bridgehead atoms. The lowest BCUT2D eigenvalue weighted by atomic mass is 10.0. The van der Waals surface area contributed by atoms with Crippen molar-refractivity contribution in [2.45, 2.75) is 32.1 Å². The minimum atomic E-state index is 0.00699. The molecule has 4 rings (SSSR count). The molecule has 0 atom stereocenters. The molecule has 0 radical (unpaired) electrons. The van der Waals surface area contributed by atoms with Crippen LogP contribution in [-0.2, 0) is 12.8 Å². The van der Waals surface area contributed by atoms with E-state index in [1.165, 1.54) is 11.1 Å². The normalized spacial score (nSPS) is 13.4. The van der Waals surface area contributed by atoms with Crippen molar-refractivity contribution >= 4 is 16.8 Å². The molecule has 1 amide bonds. The van der Waals surface area contributed by atoms with Gasteiger partial charge in [-0.3, -0.25) is 9.89 Å². The lowest BCUT2D eigenvalue weighted by molar-refractivity contribution is 0.0953. The number of amides is 1. The Morgan fingerprint density at radius 1 is 1.22 bits per heavy atom. The van der Waals surface area contributed by atoms with Gasteiger partial charge >= 0.3 is 0 Å². The summed E-state index contributed by atoms with van der Waals surface area (Å²) < 4.78 is 0. The summed E-state index contributed by atoms with van der Waals surface area (Å²) in [7, 11) is 4.14. The van der Waals surface area contributed by atoms with Crippen LogP contribution in [0.5, 0.6) is 0 Å². The summed E-state index contributed by atoms with van der Waals surface area (Å²) in [6.07, 6.45) is 7.13. The lowest BCUT2D eigenvalue weighted by Gasteiger charge is -2.09. The second-order valence-corrected chi connectivity index (χ2v) is 7.63. The highest BCUT2D eigenvalue weighted by Gasteiger charge is 2.21. The molecule has 27 heavy (non-hydrogen) atoms. The molecule has 142 valence electrons. The van der Waals surface area contributed by atoms with Crippen molar-refractivity contribution in [3.8, 4) is 11.4 Å². The van der Waals surface area contributed by atoms with Gasteiger partial charge in [0, 0.05) is 23.0 Å². The maximum absolute atomic E-state index is 12.6. The van der Waals surface area contributed by atoms with E-state index in [4.69, 9.17) is 0 Å². The zero-order valence-corrected chi connectivity index (χ0v) is 16.1. The van der Waals surface area contributed by atoms with Crippen LogP contribution in [0.15, 0.2) is 24.4 Å². The van der Waals surface area contributed by atoms with Gasteiger partial charge in [-0.1, -0.05) is 0 Å². The number of aromatic nitrogens is 3. The van der Waals surface area contributed by atoms with E-state index >= 15 is 0 Å². The molecule has 3 aromatic rings. The third-order valence-electron chi connectivity index (χ3n) is 5.33. The number of rotatable bonds is 6. The fraction of sp³-hybridized carbons (Fsp3) is 0.429. The quantitative estimate of drug-likeness (QED) is 0.588. The van der Waals surface area contributed by atoms with Gasteiger partial charge in [0.2, 0.25) is 0 Å². The lowest BCUT2D eigenvalue weighted by Crippen LogP contribution is -2.25. The highest BCUT2D eigenvalue weighted by atomic mass is 16.1. The number of benzene rings is 1. The first-order valence-electron chi connectivity index (χ1n) is 9.73. The van der Waals surface area contributed by atoms with E-state index in [-0.39, 0.29) is 5.91 Å². The third kappa shape index (κ3) is 3.62. The highest BCUT2D eigenvalue weighted by molar-refractivity contribution is 6.00. The van der Waals surface area contributed by atoms with Crippen LogP contribution >= 0.6 is 0 Å². The molecule has 0 unspecified atom stereocenters. The maximum atomic E-state index is 12.6. The molecule has 0 saturated carbocycles. The smallest absolute Gasteiger partial charge is 0.251 e. The van der Waals surface area contributed by atoms with Gasteiger partial charge in [0.25, 0.3) is 5.91 Å². The van der Waals surface area contributed by atoms with Crippen LogP contribution < -0.4 is 5.32 Å². The zero-order valence-electron chi connectivity index (χ0n) is 16.1. The van der Waals surface area contributed by atoms with Crippen LogP contribution in [0.25, 0.3) is 22.3 Å². The maximum Gasteiger partial charge on any atom is 0.251 e. The molecule has 6 nitrogen and oxygen atoms in total. The zero-order chi connectivity index (χ0) is 18.8. The molecule has 2 heterocycles. The first-order valence-corrected chi connectivity index (χ1v) is 9.73. The van der Waals surface area contributed by atoms with Crippen molar-refractivity contribution in [2.24, 2.45) is 0 Å². The van der Waals surface area contributed by atoms with E-state index in [1.807, 2.05) is 24.4 Å². The molecular formula is C21H27N5O. The summed E-state index contributed by atoms with van der Waals surface area (Å²) in [6, 6.07) is 5.95. The van der Waals surface area contributed by atoms with Crippen LogP contribution in [0.3, 0.4) is 0 Å². The number of nitrogens with one attached hydrogen (secondary N) is 3. The number of nitrogens with zero attached hydrogens (tertiary/aromatic N) is 2. The van der Waals surface area contributed by atoms with Crippen molar-refractivity contribution in [3.05, 3.63) is 41.1 Å². The molecule has 0 aliphatic heterocycles. The Labute approximate surface area is 159 Å². The number of fused-ring (bicyclic) bond motifs is 5. The molecule has 1 aliphatic carbocycles. The predicted molar refractivity (Wildman–Crippen MR) is 108 cm³/mol. The Morgan fingerprint density at radius 2 is 2.11 bits per heavy atom. The topological polar surface area (TPSA) is 76.8 Å². The summed E-state index contributed by atoms with van der Waals surface area (Å²) >= 11 is 0. The van der Waals surface area contributed by atoms with Gasteiger partial charge in [-0.15, -0.1) is 0 Å². The highest BCUT2D eigenvalue weighted by Crippen LogP contribution is 2.35. The number of carbonyl (C=O) groups is 1. The summed E-state index contributed by atoms with van der Waals surface area (Å²) in [5, 5.41) is 11.5. The molecule has 3 N–H and O–H groups in total. The van der Waals surface area contributed by atoms with E-state index in [1.54, 1.807) is 0 Å². The van der Waals surface area contributed by atoms with Crippen molar-refractivity contribution in [2.75, 3.05) is 27.2 Å². The number of unbranched alkanes of at least 4 members (excludes halogenated alkanes) is 1. The van der Waals surface area contributed by atoms with Gasteiger partial charge in [0.15, 0.2) is 0 Å². The van der Waals surface area contributed by atoms with Gasteiger partial charge in [0.05, 0.1) is 17.6 Å². The Balaban J connectivity index is 1.53. The molecular weight excluding hydrogens is 338 g/mol. The van der Waals surface area contributed by atoms with Gasteiger partial charge in [-0.25, -0.2) is 0 Å². The number of aromatic amines is 2. The molecule has 1 aliphatic rings. The molecule has 6 heteroatoms. The molecule has 0 fully saturated rings. The third-order valence-corrected chi connectivity index (χ3v) is 5.33. The van der Waals surface area contributed by atoms with E-state index in [2.05, 4.69) is 39.5 Å². The molecule has 1 aromatic carbocycles. The fourth-order valence-electron chi connectivity index (χ4n) is 3.89. The number of H-pyrrole nitrogens is 2. The summed E-state index contributed by atoms with van der Waals surface area (Å²) in [5.74, 6) is 0.00699. The number of hydrogen-bond donors (Lipinski definition) is 3. The monoisotopic (exact) mass is 365 g/mol. The fourth-order valence-corrected chi connectivity index (χ4v) is 3.89. The standard InChI is InChI=1S/C21H27N5O/c1-26(2)11-4-3-10-22-21(27)14-8-9-18-17(12-14)16-7-5-6-15-13-23-25-19(15)20(16)24-18/h8-9,12-13,24H,3-7,10-11H2,1-2H3,(H,22,27)(H,23,25). The van der Waals surface area contributed by atoms with Crippen LogP contribution in [0.4, 0.5) is 0 Å². The number of aryl methyl sites for hydroxylation is 2. The molecule has 0 saturated heterocycles. The van der Waals surface area contributed by atoms with Crippen LogP contribution in [0.2, 0.25) is 0 Å². The van der Waals surface area contributed by atoms with Gasteiger partial charge < -0.3 is 15.2 Å². The van der Waals surface area contributed by atoms with Crippen molar-refractivity contribution in [1.82, 2.24) is 25.4 Å². The molecule has 2 aromatic heterocycles. The van der Waals surface area contributed by atoms with E-state index < -0.39 is 0 Å².